The highest BCUT2D eigenvalue weighted by Gasteiger charge is 1.90. The Bertz CT molecular complexity index is 167. The van der Waals surface area contributed by atoms with Crippen molar-refractivity contribution in [2.75, 3.05) is 13.2 Å². The third kappa shape index (κ3) is 6.88. The Balaban J connectivity index is 3.43. The lowest BCUT2D eigenvalue weighted by atomic mass is 10.3. The van der Waals surface area contributed by atoms with E-state index in [2.05, 4.69) is 16.6 Å². The summed E-state index contributed by atoms with van der Waals surface area (Å²) in [4.78, 5) is 10.6. The van der Waals surface area contributed by atoms with Gasteiger partial charge in [-0.1, -0.05) is 5.92 Å². The zero-order chi connectivity index (χ0) is 8.53. The van der Waals surface area contributed by atoms with Crippen molar-refractivity contribution in [1.82, 2.24) is 0 Å². The number of hydrogen-bond donors (Lipinski definition) is 1. The van der Waals surface area contributed by atoms with E-state index < -0.39 is 5.97 Å². The van der Waals surface area contributed by atoms with Gasteiger partial charge in [0.05, 0.1) is 6.61 Å². The SMILES string of the molecule is CCOC(=O)C#CCCCN. The predicted octanol–water partition coefficient (Wildman–Crippen LogP) is 0.292. The van der Waals surface area contributed by atoms with Crippen molar-refractivity contribution >= 4 is 5.97 Å². The zero-order valence-electron chi connectivity index (χ0n) is 6.72. The van der Waals surface area contributed by atoms with Crippen LogP contribution in [0.1, 0.15) is 19.8 Å². The van der Waals surface area contributed by atoms with Gasteiger partial charge >= 0.3 is 5.97 Å². The molecular formula is C8H13NO2. The molecule has 0 aliphatic carbocycles. The van der Waals surface area contributed by atoms with Crippen LogP contribution in [0.4, 0.5) is 0 Å². The normalized spacial score (nSPS) is 8.18. The van der Waals surface area contributed by atoms with Gasteiger partial charge < -0.3 is 10.5 Å². The second-order valence-corrected chi connectivity index (χ2v) is 1.91. The van der Waals surface area contributed by atoms with Gasteiger partial charge in [0.25, 0.3) is 0 Å². The third-order valence-corrected chi connectivity index (χ3v) is 0.972. The second-order valence-electron chi connectivity index (χ2n) is 1.91. The molecule has 0 spiro atoms. The van der Waals surface area contributed by atoms with Crippen LogP contribution in [0.5, 0.6) is 0 Å². The van der Waals surface area contributed by atoms with E-state index in [0.717, 1.165) is 6.42 Å². The van der Waals surface area contributed by atoms with Crippen LogP contribution in [0.3, 0.4) is 0 Å². The van der Waals surface area contributed by atoms with Crippen LogP contribution in [0.2, 0.25) is 0 Å². The Morgan fingerprint density at radius 2 is 2.36 bits per heavy atom. The first-order valence-electron chi connectivity index (χ1n) is 3.67. The largest absolute Gasteiger partial charge is 0.456 e. The van der Waals surface area contributed by atoms with Crippen LogP contribution in [0.25, 0.3) is 0 Å². The van der Waals surface area contributed by atoms with E-state index >= 15 is 0 Å². The molecule has 0 atom stereocenters. The molecule has 62 valence electrons. The first-order valence-corrected chi connectivity index (χ1v) is 3.67. The van der Waals surface area contributed by atoms with Crippen molar-refractivity contribution in [3.63, 3.8) is 0 Å². The third-order valence-electron chi connectivity index (χ3n) is 0.972. The topological polar surface area (TPSA) is 52.3 Å². The van der Waals surface area contributed by atoms with Gasteiger partial charge in [-0.2, -0.15) is 0 Å². The first kappa shape index (κ1) is 9.99. The summed E-state index contributed by atoms with van der Waals surface area (Å²) in [5.41, 5.74) is 5.22. The number of unbranched alkanes of at least 4 members (excludes halogenated alkanes) is 1. The van der Waals surface area contributed by atoms with Gasteiger partial charge in [-0.05, 0) is 19.9 Å². The van der Waals surface area contributed by atoms with Crippen LogP contribution >= 0.6 is 0 Å². The van der Waals surface area contributed by atoms with Crippen molar-refractivity contribution in [2.45, 2.75) is 19.8 Å². The van der Waals surface area contributed by atoms with Crippen LogP contribution in [0.15, 0.2) is 0 Å². The Morgan fingerprint density at radius 1 is 1.64 bits per heavy atom. The van der Waals surface area contributed by atoms with Gasteiger partial charge in [0.2, 0.25) is 0 Å². The summed E-state index contributed by atoms with van der Waals surface area (Å²) < 4.78 is 4.58. The molecule has 0 aromatic carbocycles. The molecule has 0 fully saturated rings. The molecule has 0 aromatic heterocycles. The highest BCUT2D eigenvalue weighted by atomic mass is 16.5. The Hall–Kier alpha value is -1.01. The molecular weight excluding hydrogens is 142 g/mol. The monoisotopic (exact) mass is 155 g/mol. The zero-order valence-corrected chi connectivity index (χ0v) is 6.72. The highest BCUT2D eigenvalue weighted by Crippen LogP contribution is 1.81. The van der Waals surface area contributed by atoms with Gasteiger partial charge in [-0.15, -0.1) is 0 Å². The molecule has 0 aliphatic heterocycles. The molecule has 0 unspecified atom stereocenters. The fraction of sp³-hybridized carbons (Fsp3) is 0.625. The maximum absolute atomic E-state index is 10.6. The lowest BCUT2D eigenvalue weighted by Gasteiger charge is -1.90. The number of nitrogens with two attached hydrogens (primary N) is 1. The molecule has 0 saturated heterocycles. The van der Waals surface area contributed by atoms with Crippen molar-refractivity contribution in [2.24, 2.45) is 5.73 Å². The molecule has 0 amide bonds. The molecule has 0 heterocycles. The number of esters is 1. The van der Waals surface area contributed by atoms with Gasteiger partial charge in [-0.3, -0.25) is 0 Å². The number of carbonyl (C=O) groups is 1. The van der Waals surface area contributed by atoms with Crippen LogP contribution < -0.4 is 5.73 Å². The van der Waals surface area contributed by atoms with E-state index in [-0.39, 0.29) is 0 Å². The average molecular weight is 155 g/mol. The lowest BCUT2D eigenvalue weighted by Crippen LogP contribution is -2.00. The van der Waals surface area contributed by atoms with Gasteiger partial charge in [0.1, 0.15) is 0 Å². The number of rotatable bonds is 3. The summed E-state index contributed by atoms with van der Waals surface area (Å²) in [6, 6.07) is 0. The molecule has 0 rings (SSSR count). The highest BCUT2D eigenvalue weighted by molar-refractivity contribution is 5.88. The molecule has 0 aliphatic rings. The Labute approximate surface area is 66.9 Å². The molecule has 11 heavy (non-hydrogen) atoms. The maximum Gasteiger partial charge on any atom is 0.384 e. The summed E-state index contributed by atoms with van der Waals surface area (Å²) in [7, 11) is 0. The van der Waals surface area contributed by atoms with E-state index in [1.165, 1.54) is 0 Å². The summed E-state index contributed by atoms with van der Waals surface area (Å²) >= 11 is 0. The minimum absolute atomic E-state index is 0.379. The number of hydrogen-bond acceptors (Lipinski definition) is 3. The standard InChI is InChI=1S/C8H13NO2/c1-2-11-8(10)6-4-3-5-7-9/h2-3,5,7,9H2,1H3. The van der Waals surface area contributed by atoms with Crippen LogP contribution in [-0.2, 0) is 9.53 Å². The van der Waals surface area contributed by atoms with Crippen LogP contribution in [0, 0.1) is 11.8 Å². The van der Waals surface area contributed by atoms with Gasteiger partial charge in [0.15, 0.2) is 0 Å². The summed E-state index contributed by atoms with van der Waals surface area (Å²) in [6.45, 7) is 2.74. The summed E-state index contributed by atoms with van der Waals surface area (Å²) in [5.74, 6) is 4.56. The smallest absolute Gasteiger partial charge is 0.384 e. The molecule has 0 radical (unpaired) electrons. The minimum atomic E-state index is -0.454. The predicted molar refractivity (Wildman–Crippen MR) is 42.7 cm³/mol. The van der Waals surface area contributed by atoms with Crippen molar-refractivity contribution in [1.29, 1.82) is 0 Å². The average Bonchev–Trinajstić information content (AvgIpc) is 1.99. The second kappa shape index (κ2) is 7.10. The fourth-order valence-electron chi connectivity index (χ4n) is 0.492. The molecule has 2 N–H and O–H groups in total. The van der Waals surface area contributed by atoms with Crippen molar-refractivity contribution in [3.8, 4) is 11.8 Å². The van der Waals surface area contributed by atoms with E-state index in [1.807, 2.05) is 0 Å². The Kier molecular flexibility index (Phi) is 6.45. The maximum atomic E-state index is 10.6. The summed E-state index contributed by atoms with van der Waals surface area (Å²) in [6.07, 6.45) is 1.49. The van der Waals surface area contributed by atoms with Gasteiger partial charge in [0, 0.05) is 12.3 Å². The van der Waals surface area contributed by atoms with Crippen LogP contribution in [-0.4, -0.2) is 19.1 Å². The van der Waals surface area contributed by atoms with Crippen molar-refractivity contribution < 1.29 is 9.53 Å². The number of carbonyl (C=O) groups excluding carboxylic acids is 1. The van der Waals surface area contributed by atoms with Crippen molar-refractivity contribution in [3.05, 3.63) is 0 Å². The van der Waals surface area contributed by atoms with E-state index in [0.29, 0.717) is 19.6 Å². The quantitative estimate of drug-likeness (QED) is 0.276. The molecule has 0 saturated carbocycles. The van der Waals surface area contributed by atoms with E-state index in [9.17, 15) is 4.79 Å². The van der Waals surface area contributed by atoms with Gasteiger partial charge in [-0.25, -0.2) is 4.79 Å². The molecule has 3 heteroatoms. The van der Waals surface area contributed by atoms with E-state index in [1.54, 1.807) is 6.92 Å². The minimum Gasteiger partial charge on any atom is -0.456 e. The number of ether oxygens (including phenoxy) is 1. The fourth-order valence-corrected chi connectivity index (χ4v) is 0.492. The molecule has 0 bridgehead atoms. The lowest BCUT2D eigenvalue weighted by molar-refractivity contribution is -0.136. The van der Waals surface area contributed by atoms with E-state index in [4.69, 9.17) is 5.73 Å². The molecule has 3 nitrogen and oxygen atoms in total. The molecule has 0 aromatic rings. The summed E-state index contributed by atoms with van der Waals surface area (Å²) in [5, 5.41) is 0. The Morgan fingerprint density at radius 3 is 2.91 bits per heavy atom. The first-order chi connectivity index (χ1) is 5.31.